The smallest absolute Gasteiger partial charge is 0.191 e. The van der Waals surface area contributed by atoms with Crippen molar-refractivity contribution < 1.29 is 4.42 Å². The molecule has 1 aliphatic carbocycles. The zero-order valence-corrected chi connectivity index (χ0v) is 16.4. The van der Waals surface area contributed by atoms with Crippen molar-refractivity contribution >= 4 is 40.7 Å². The fourth-order valence-electron chi connectivity index (χ4n) is 3.23. The topological polar surface area (TPSA) is 49.6 Å². The highest BCUT2D eigenvalue weighted by Gasteiger charge is 2.39. The number of aliphatic imine (C=N–C) groups is 1. The minimum Gasteiger partial charge on any atom is -0.467 e. The molecule has 5 heteroatoms. The van der Waals surface area contributed by atoms with Crippen LogP contribution in [0.15, 0.2) is 70.3 Å². The van der Waals surface area contributed by atoms with Gasteiger partial charge in [0.25, 0.3) is 0 Å². The summed E-state index contributed by atoms with van der Waals surface area (Å²) in [5, 5.41) is 9.47. The van der Waals surface area contributed by atoms with Crippen molar-refractivity contribution in [1.29, 1.82) is 0 Å². The second kappa shape index (κ2) is 7.91. The summed E-state index contributed by atoms with van der Waals surface area (Å²) >= 11 is 0. The molecule has 0 unspecified atom stereocenters. The molecule has 130 valence electrons. The van der Waals surface area contributed by atoms with Gasteiger partial charge in [0.1, 0.15) is 5.76 Å². The summed E-state index contributed by atoms with van der Waals surface area (Å²) in [7, 11) is 1.80. The van der Waals surface area contributed by atoms with Crippen LogP contribution in [-0.4, -0.2) is 19.0 Å². The van der Waals surface area contributed by atoms with E-state index in [0.29, 0.717) is 18.5 Å². The van der Waals surface area contributed by atoms with E-state index in [1.54, 1.807) is 13.3 Å². The van der Waals surface area contributed by atoms with E-state index in [1.165, 1.54) is 16.3 Å². The molecule has 3 aromatic rings. The number of halogens is 1. The average Bonchev–Trinajstić information content (AvgIpc) is 3.18. The third-order valence-electron chi connectivity index (χ3n) is 4.57. The van der Waals surface area contributed by atoms with Crippen LogP contribution in [0, 0.1) is 0 Å². The van der Waals surface area contributed by atoms with Crippen LogP contribution in [0.3, 0.4) is 0 Å². The summed E-state index contributed by atoms with van der Waals surface area (Å²) in [6.07, 6.45) is 2.82. The lowest BCUT2D eigenvalue weighted by Crippen LogP contribution is -2.38. The maximum Gasteiger partial charge on any atom is 0.191 e. The average molecular weight is 447 g/mol. The molecule has 0 amide bonds. The number of benzene rings is 2. The molecule has 2 atom stereocenters. The molecule has 0 saturated heterocycles. The van der Waals surface area contributed by atoms with E-state index in [0.717, 1.165) is 18.1 Å². The molecule has 1 heterocycles. The van der Waals surface area contributed by atoms with Gasteiger partial charge in [-0.15, -0.1) is 24.0 Å². The Bertz CT molecular complexity index is 855. The van der Waals surface area contributed by atoms with Crippen LogP contribution in [0.5, 0.6) is 0 Å². The van der Waals surface area contributed by atoms with Gasteiger partial charge in [0.15, 0.2) is 5.96 Å². The predicted octanol–water partition coefficient (Wildman–Crippen LogP) is 4.27. The molecule has 1 aliphatic rings. The molecule has 1 aromatic heterocycles. The van der Waals surface area contributed by atoms with Crippen molar-refractivity contribution in [2.75, 3.05) is 7.05 Å². The first-order valence-electron chi connectivity index (χ1n) is 8.32. The van der Waals surface area contributed by atoms with E-state index in [4.69, 9.17) is 4.42 Å². The van der Waals surface area contributed by atoms with Crippen molar-refractivity contribution in [1.82, 2.24) is 10.6 Å². The Hall–Kier alpha value is -2.02. The Labute approximate surface area is 164 Å². The van der Waals surface area contributed by atoms with E-state index >= 15 is 0 Å². The molecule has 1 saturated carbocycles. The number of hydrogen-bond acceptors (Lipinski definition) is 2. The van der Waals surface area contributed by atoms with Gasteiger partial charge in [-0.1, -0.05) is 42.5 Å². The van der Waals surface area contributed by atoms with E-state index in [2.05, 4.69) is 58.1 Å². The zero-order valence-electron chi connectivity index (χ0n) is 14.1. The Kier molecular flexibility index (Phi) is 5.63. The molecular weight excluding hydrogens is 425 g/mol. The quantitative estimate of drug-likeness (QED) is 0.357. The van der Waals surface area contributed by atoms with E-state index < -0.39 is 0 Å². The Morgan fingerprint density at radius 3 is 2.76 bits per heavy atom. The molecule has 1 fully saturated rings. The summed E-state index contributed by atoms with van der Waals surface area (Å²) in [6, 6.07) is 19.4. The fraction of sp³-hybridized carbons (Fsp3) is 0.250. The highest BCUT2D eigenvalue weighted by Crippen LogP contribution is 2.43. The van der Waals surface area contributed by atoms with Crippen LogP contribution in [0.25, 0.3) is 10.8 Å². The van der Waals surface area contributed by atoms with Gasteiger partial charge in [0.05, 0.1) is 12.8 Å². The minimum absolute atomic E-state index is 0. The number of furan rings is 1. The van der Waals surface area contributed by atoms with Gasteiger partial charge in [-0.05, 0) is 34.9 Å². The molecule has 25 heavy (non-hydrogen) atoms. The number of nitrogens with one attached hydrogen (secondary N) is 2. The highest BCUT2D eigenvalue weighted by atomic mass is 127. The first kappa shape index (κ1) is 17.8. The highest BCUT2D eigenvalue weighted by molar-refractivity contribution is 14.0. The summed E-state index contributed by atoms with van der Waals surface area (Å²) in [5.74, 6) is 2.26. The van der Waals surface area contributed by atoms with Crippen molar-refractivity contribution in [2.24, 2.45) is 4.99 Å². The lowest BCUT2D eigenvalue weighted by Gasteiger charge is -2.11. The van der Waals surface area contributed by atoms with Crippen LogP contribution < -0.4 is 10.6 Å². The Morgan fingerprint density at radius 1 is 1.12 bits per heavy atom. The van der Waals surface area contributed by atoms with Crippen molar-refractivity contribution in [3.05, 3.63) is 72.2 Å². The van der Waals surface area contributed by atoms with Crippen LogP contribution in [-0.2, 0) is 6.54 Å². The lowest BCUT2D eigenvalue weighted by atomic mass is 10.0. The second-order valence-electron chi connectivity index (χ2n) is 6.17. The maximum atomic E-state index is 5.34. The van der Waals surface area contributed by atoms with Gasteiger partial charge < -0.3 is 15.1 Å². The largest absolute Gasteiger partial charge is 0.467 e. The normalized spacial score (nSPS) is 19.3. The van der Waals surface area contributed by atoms with Crippen LogP contribution in [0.4, 0.5) is 0 Å². The van der Waals surface area contributed by atoms with Crippen molar-refractivity contribution in [3.8, 4) is 0 Å². The van der Waals surface area contributed by atoms with Crippen LogP contribution in [0.2, 0.25) is 0 Å². The van der Waals surface area contributed by atoms with Gasteiger partial charge in [-0.2, -0.15) is 0 Å². The zero-order chi connectivity index (χ0) is 16.4. The van der Waals surface area contributed by atoms with Crippen molar-refractivity contribution in [3.63, 3.8) is 0 Å². The SMILES string of the molecule is CN=C(NCc1ccco1)N[C@@H]1C[C@H]1c1cccc2ccccc12.I. The first-order valence-corrected chi connectivity index (χ1v) is 8.32. The third-order valence-corrected chi connectivity index (χ3v) is 4.57. The van der Waals surface area contributed by atoms with E-state index in [9.17, 15) is 0 Å². The van der Waals surface area contributed by atoms with Crippen molar-refractivity contribution in [2.45, 2.75) is 24.9 Å². The van der Waals surface area contributed by atoms with Gasteiger partial charge in [-0.3, -0.25) is 4.99 Å². The first-order chi connectivity index (χ1) is 11.8. The number of guanidine groups is 1. The van der Waals surface area contributed by atoms with Crippen LogP contribution >= 0.6 is 24.0 Å². The molecule has 2 N–H and O–H groups in total. The fourth-order valence-corrected chi connectivity index (χ4v) is 3.23. The number of fused-ring (bicyclic) bond motifs is 1. The number of nitrogens with zero attached hydrogens (tertiary/aromatic N) is 1. The summed E-state index contributed by atoms with van der Waals surface area (Å²) < 4.78 is 5.34. The summed E-state index contributed by atoms with van der Waals surface area (Å²) in [6.45, 7) is 0.637. The van der Waals surface area contributed by atoms with Gasteiger partial charge in [-0.25, -0.2) is 0 Å². The molecule has 2 aromatic carbocycles. The van der Waals surface area contributed by atoms with Gasteiger partial charge in [0.2, 0.25) is 0 Å². The molecule has 0 bridgehead atoms. The number of rotatable bonds is 4. The molecule has 4 nitrogen and oxygen atoms in total. The van der Waals surface area contributed by atoms with Gasteiger partial charge >= 0.3 is 0 Å². The molecule has 0 radical (unpaired) electrons. The standard InChI is InChI=1S/C20H21N3O.HI/c1-21-20(22-13-15-8-5-11-24-15)23-19-12-18(19)17-10-4-7-14-6-2-3-9-16(14)17;/h2-11,18-19H,12-13H2,1H3,(H2,21,22,23);1H/t18-,19+;/m0./s1. The minimum atomic E-state index is 0. The second-order valence-corrected chi connectivity index (χ2v) is 6.17. The maximum absolute atomic E-state index is 5.34. The number of hydrogen-bond donors (Lipinski definition) is 2. The Balaban J connectivity index is 0.00000182. The lowest BCUT2D eigenvalue weighted by molar-refractivity contribution is 0.501. The summed E-state index contributed by atoms with van der Waals surface area (Å²) in [5.41, 5.74) is 1.42. The predicted molar refractivity (Wildman–Crippen MR) is 113 cm³/mol. The third kappa shape index (κ3) is 3.98. The molecular formula is C20H22IN3O. The summed E-state index contributed by atoms with van der Waals surface area (Å²) in [4.78, 5) is 4.31. The van der Waals surface area contributed by atoms with Crippen LogP contribution in [0.1, 0.15) is 23.7 Å². The Morgan fingerprint density at radius 2 is 1.96 bits per heavy atom. The molecule has 0 aliphatic heterocycles. The molecule has 4 rings (SSSR count). The van der Waals surface area contributed by atoms with E-state index in [-0.39, 0.29) is 24.0 Å². The van der Waals surface area contributed by atoms with E-state index in [1.807, 2.05) is 12.1 Å². The van der Waals surface area contributed by atoms with Gasteiger partial charge in [0, 0.05) is 19.0 Å². The monoisotopic (exact) mass is 447 g/mol. The molecule has 0 spiro atoms.